The molecule has 0 bridgehead atoms. The summed E-state index contributed by atoms with van der Waals surface area (Å²) in [5.41, 5.74) is 3.80. The number of hydrogen-bond acceptors (Lipinski definition) is 4. The fourth-order valence-electron chi connectivity index (χ4n) is 3.73. The molecule has 1 unspecified atom stereocenters. The highest BCUT2D eigenvalue weighted by atomic mass is 16.5. The summed E-state index contributed by atoms with van der Waals surface area (Å²) in [6, 6.07) is 12.7. The first kappa shape index (κ1) is 19.6. The van der Waals surface area contributed by atoms with Gasteiger partial charge in [0.2, 0.25) is 11.8 Å². The predicted molar refractivity (Wildman–Crippen MR) is 106 cm³/mol. The molecule has 0 aliphatic carbocycles. The third-order valence-electron chi connectivity index (χ3n) is 5.21. The highest BCUT2D eigenvalue weighted by Crippen LogP contribution is 2.32. The van der Waals surface area contributed by atoms with Crippen molar-refractivity contribution in [2.24, 2.45) is 0 Å². The maximum atomic E-state index is 12.8. The van der Waals surface area contributed by atoms with Gasteiger partial charge in [0, 0.05) is 19.2 Å². The highest BCUT2D eigenvalue weighted by Gasteiger charge is 2.30. The van der Waals surface area contributed by atoms with Gasteiger partial charge in [-0.25, -0.2) is 4.79 Å². The first-order chi connectivity index (χ1) is 13.4. The van der Waals surface area contributed by atoms with Gasteiger partial charge >= 0.3 is 5.97 Å². The summed E-state index contributed by atoms with van der Waals surface area (Å²) in [6.07, 6.45) is 0.937. The molecule has 3 rings (SSSR count). The topological polar surface area (TPSA) is 75.7 Å². The van der Waals surface area contributed by atoms with Gasteiger partial charge in [-0.15, -0.1) is 0 Å². The third-order valence-corrected chi connectivity index (χ3v) is 5.21. The van der Waals surface area contributed by atoms with Crippen LogP contribution in [0.1, 0.15) is 46.4 Å². The molecule has 2 aromatic carbocycles. The maximum absolute atomic E-state index is 12.8. The van der Waals surface area contributed by atoms with Gasteiger partial charge < -0.3 is 15.0 Å². The standard InChI is InChI=1S/C22H24N2O4/c1-14-17(22(27)28-3)9-6-10-19(14)23-21(26)13-20-18-8-5-4-7-16(18)11-12-24(20)15(2)25/h4-10,20H,11-13H2,1-3H3,(H,23,26). The van der Waals surface area contributed by atoms with Crippen LogP contribution in [0.5, 0.6) is 0 Å². The average Bonchev–Trinajstić information content (AvgIpc) is 2.69. The van der Waals surface area contributed by atoms with Crippen LogP contribution >= 0.6 is 0 Å². The van der Waals surface area contributed by atoms with Crippen molar-refractivity contribution >= 4 is 23.5 Å². The zero-order chi connectivity index (χ0) is 20.3. The van der Waals surface area contributed by atoms with Gasteiger partial charge in [0.25, 0.3) is 0 Å². The zero-order valence-corrected chi connectivity index (χ0v) is 16.3. The largest absolute Gasteiger partial charge is 0.465 e. The van der Waals surface area contributed by atoms with E-state index in [9.17, 15) is 14.4 Å². The van der Waals surface area contributed by atoms with Crippen LogP contribution in [0, 0.1) is 6.92 Å². The number of ether oxygens (including phenoxy) is 1. The number of hydrogen-bond donors (Lipinski definition) is 1. The lowest BCUT2D eigenvalue weighted by atomic mass is 9.90. The van der Waals surface area contributed by atoms with Gasteiger partial charge in [-0.3, -0.25) is 9.59 Å². The summed E-state index contributed by atoms with van der Waals surface area (Å²) in [5.74, 6) is -0.702. The lowest BCUT2D eigenvalue weighted by molar-refractivity contribution is -0.132. The van der Waals surface area contributed by atoms with Crippen LogP contribution in [0.25, 0.3) is 0 Å². The van der Waals surface area contributed by atoms with E-state index in [4.69, 9.17) is 4.74 Å². The quantitative estimate of drug-likeness (QED) is 0.826. The lowest BCUT2D eigenvalue weighted by Crippen LogP contribution is -2.40. The molecule has 0 aromatic heterocycles. The Morgan fingerprint density at radius 2 is 1.89 bits per heavy atom. The SMILES string of the molecule is COC(=O)c1cccc(NC(=O)CC2c3ccccc3CCN2C(C)=O)c1C. The Morgan fingerprint density at radius 1 is 1.14 bits per heavy atom. The molecule has 0 saturated carbocycles. The Hall–Kier alpha value is -3.15. The van der Waals surface area contributed by atoms with Crippen LogP contribution in [-0.4, -0.2) is 36.3 Å². The maximum Gasteiger partial charge on any atom is 0.338 e. The molecule has 6 nitrogen and oxygen atoms in total. The molecule has 2 aromatic rings. The van der Waals surface area contributed by atoms with Gasteiger partial charge in [-0.2, -0.15) is 0 Å². The summed E-state index contributed by atoms with van der Waals surface area (Å²) in [5, 5.41) is 2.88. The second kappa shape index (κ2) is 8.25. The van der Waals surface area contributed by atoms with Crippen molar-refractivity contribution in [2.75, 3.05) is 19.0 Å². The van der Waals surface area contributed by atoms with Crippen LogP contribution in [0.4, 0.5) is 5.69 Å². The molecule has 1 aliphatic heterocycles. The predicted octanol–water partition coefficient (Wildman–Crippen LogP) is 3.26. The number of amides is 2. The van der Waals surface area contributed by atoms with E-state index < -0.39 is 5.97 Å². The summed E-state index contributed by atoms with van der Waals surface area (Å²) >= 11 is 0. The first-order valence-electron chi connectivity index (χ1n) is 9.25. The monoisotopic (exact) mass is 380 g/mol. The van der Waals surface area contributed by atoms with Crippen LogP contribution in [0.3, 0.4) is 0 Å². The van der Waals surface area contributed by atoms with E-state index in [2.05, 4.69) is 5.32 Å². The van der Waals surface area contributed by atoms with E-state index in [0.717, 1.165) is 12.0 Å². The number of methoxy groups -OCH3 is 1. The van der Waals surface area contributed by atoms with Gasteiger partial charge in [0.05, 0.1) is 25.1 Å². The molecular formula is C22H24N2O4. The minimum atomic E-state index is -0.447. The van der Waals surface area contributed by atoms with Crippen molar-refractivity contribution < 1.29 is 19.1 Å². The number of esters is 1. The van der Waals surface area contributed by atoms with Gasteiger partial charge in [0.1, 0.15) is 0 Å². The Bertz CT molecular complexity index is 923. The van der Waals surface area contributed by atoms with Crippen molar-refractivity contribution in [3.05, 3.63) is 64.7 Å². The lowest BCUT2D eigenvalue weighted by Gasteiger charge is -2.36. The smallest absolute Gasteiger partial charge is 0.338 e. The molecule has 1 heterocycles. The highest BCUT2D eigenvalue weighted by molar-refractivity contribution is 5.97. The zero-order valence-electron chi connectivity index (χ0n) is 16.3. The van der Waals surface area contributed by atoms with E-state index >= 15 is 0 Å². The Balaban J connectivity index is 1.82. The Labute approximate surface area is 164 Å². The normalized spacial score (nSPS) is 15.5. The van der Waals surface area contributed by atoms with Crippen molar-refractivity contribution in [3.63, 3.8) is 0 Å². The van der Waals surface area contributed by atoms with Crippen LogP contribution < -0.4 is 5.32 Å². The summed E-state index contributed by atoms with van der Waals surface area (Å²) in [6.45, 7) is 3.89. The fraction of sp³-hybridized carbons (Fsp3) is 0.318. The van der Waals surface area contributed by atoms with E-state index in [1.807, 2.05) is 24.3 Å². The second-order valence-electron chi connectivity index (χ2n) is 6.90. The number of rotatable bonds is 4. The van der Waals surface area contributed by atoms with Gasteiger partial charge in [0.15, 0.2) is 0 Å². The number of fused-ring (bicyclic) bond motifs is 1. The minimum absolute atomic E-state index is 0.0452. The number of benzene rings is 2. The second-order valence-corrected chi connectivity index (χ2v) is 6.90. The first-order valence-corrected chi connectivity index (χ1v) is 9.25. The molecule has 1 atom stereocenters. The molecule has 1 aliphatic rings. The third kappa shape index (κ3) is 3.91. The van der Waals surface area contributed by atoms with E-state index in [1.165, 1.54) is 19.6 Å². The van der Waals surface area contributed by atoms with Crippen LogP contribution in [-0.2, 0) is 20.7 Å². The number of anilines is 1. The Kier molecular flexibility index (Phi) is 5.78. The van der Waals surface area contributed by atoms with Crippen molar-refractivity contribution in [1.29, 1.82) is 0 Å². The number of carbonyl (C=O) groups excluding carboxylic acids is 3. The van der Waals surface area contributed by atoms with Crippen LogP contribution in [0.15, 0.2) is 42.5 Å². The number of nitrogens with zero attached hydrogens (tertiary/aromatic N) is 1. The molecule has 6 heteroatoms. The van der Waals surface area contributed by atoms with E-state index in [1.54, 1.807) is 30.0 Å². The molecular weight excluding hydrogens is 356 g/mol. The molecule has 1 N–H and O–H groups in total. The number of nitrogens with one attached hydrogen (secondary N) is 1. The molecule has 28 heavy (non-hydrogen) atoms. The minimum Gasteiger partial charge on any atom is -0.465 e. The molecule has 0 radical (unpaired) electrons. The fourth-order valence-corrected chi connectivity index (χ4v) is 3.73. The average molecular weight is 380 g/mol. The summed E-state index contributed by atoms with van der Waals surface area (Å²) in [4.78, 5) is 38.5. The molecule has 146 valence electrons. The molecule has 2 amide bonds. The van der Waals surface area contributed by atoms with Crippen molar-refractivity contribution in [2.45, 2.75) is 32.7 Å². The summed E-state index contributed by atoms with van der Waals surface area (Å²) in [7, 11) is 1.32. The summed E-state index contributed by atoms with van der Waals surface area (Å²) < 4.78 is 4.78. The molecule has 0 fully saturated rings. The van der Waals surface area contributed by atoms with Crippen molar-refractivity contribution in [3.8, 4) is 0 Å². The van der Waals surface area contributed by atoms with Crippen molar-refractivity contribution in [1.82, 2.24) is 4.90 Å². The molecule has 0 saturated heterocycles. The Morgan fingerprint density at radius 3 is 2.61 bits per heavy atom. The van der Waals surface area contributed by atoms with Gasteiger partial charge in [-0.1, -0.05) is 30.3 Å². The van der Waals surface area contributed by atoms with E-state index in [-0.39, 0.29) is 24.3 Å². The number of carbonyl (C=O) groups is 3. The molecule has 0 spiro atoms. The van der Waals surface area contributed by atoms with E-state index in [0.29, 0.717) is 23.4 Å². The van der Waals surface area contributed by atoms with Crippen LogP contribution in [0.2, 0.25) is 0 Å². The van der Waals surface area contributed by atoms with Gasteiger partial charge in [-0.05, 0) is 42.2 Å².